The predicted octanol–water partition coefficient (Wildman–Crippen LogP) is 4.73. The maximum atomic E-state index is 2.99. The number of rotatable bonds is 6. The molecule has 0 aromatic rings. The molecule has 0 bridgehead atoms. The standard InChI is InChI=1S/C13H31P3/c1-11(2,14)7-10(8-12(3,4)15)9-13(5,6)16/h10H,7-9,14-16H2,1-6H3. The summed E-state index contributed by atoms with van der Waals surface area (Å²) >= 11 is 0. The van der Waals surface area contributed by atoms with Crippen molar-refractivity contribution in [1.29, 1.82) is 0 Å². The van der Waals surface area contributed by atoms with E-state index in [9.17, 15) is 0 Å². The molecule has 0 saturated heterocycles. The molecule has 0 aliphatic rings. The van der Waals surface area contributed by atoms with E-state index in [0.717, 1.165) is 5.92 Å². The lowest BCUT2D eigenvalue weighted by atomic mass is 9.83. The summed E-state index contributed by atoms with van der Waals surface area (Å²) < 4.78 is 0. The second kappa shape index (κ2) is 5.95. The molecule has 98 valence electrons. The summed E-state index contributed by atoms with van der Waals surface area (Å²) in [6.45, 7) is 13.9. The zero-order valence-corrected chi connectivity index (χ0v) is 15.4. The van der Waals surface area contributed by atoms with E-state index in [2.05, 4.69) is 69.3 Å². The van der Waals surface area contributed by atoms with E-state index in [1.165, 1.54) is 19.3 Å². The van der Waals surface area contributed by atoms with Gasteiger partial charge in [0.25, 0.3) is 0 Å². The molecule has 0 aliphatic heterocycles. The smallest absolute Gasteiger partial charge is 0.0204 e. The number of hydrogen-bond acceptors (Lipinski definition) is 0. The quantitative estimate of drug-likeness (QED) is 0.617. The van der Waals surface area contributed by atoms with Gasteiger partial charge in [0.15, 0.2) is 0 Å². The normalized spacial score (nSPS) is 14.6. The molecule has 0 N–H and O–H groups in total. The van der Waals surface area contributed by atoms with Gasteiger partial charge in [-0.15, -0.1) is 27.7 Å². The SMILES string of the molecule is CC(C)(P)CC(CC(C)(C)P)CC(C)(C)P. The topological polar surface area (TPSA) is 0 Å². The van der Waals surface area contributed by atoms with Crippen LogP contribution in [0.2, 0.25) is 0 Å². The highest BCUT2D eigenvalue weighted by Crippen LogP contribution is 2.39. The first-order valence-corrected chi connectivity index (χ1v) is 7.88. The molecule has 16 heavy (non-hydrogen) atoms. The van der Waals surface area contributed by atoms with E-state index < -0.39 is 0 Å². The Morgan fingerprint density at radius 1 is 0.625 bits per heavy atom. The van der Waals surface area contributed by atoms with Crippen molar-refractivity contribution in [3.63, 3.8) is 0 Å². The van der Waals surface area contributed by atoms with Gasteiger partial charge in [0.2, 0.25) is 0 Å². The van der Waals surface area contributed by atoms with Gasteiger partial charge < -0.3 is 0 Å². The monoisotopic (exact) mass is 280 g/mol. The Labute approximate surface area is 110 Å². The molecule has 0 aromatic heterocycles. The molecule has 0 fully saturated rings. The summed E-state index contributed by atoms with van der Waals surface area (Å²) in [7, 11) is 8.96. The molecule has 0 radical (unpaired) electrons. The van der Waals surface area contributed by atoms with Crippen molar-refractivity contribution in [1.82, 2.24) is 0 Å². The lowest BCUT2D eigenvalue weighted by Gasteiger charge is -2.34. The Balaban J connectivity index is 4.53. The second-order valence-corrected chi connectivity index (χ2v) is 12.1. The van der Waals surface area contributed by atoms with Gasteiger partial charge in [0.1, 0.15) is 0 Å². The predicted molar refractivity (Wildman–Crippen MR) is 88.7 cm³/mol. The van der Waals surface area contributed by atoms with Crippen LogP contribution in [0, 0.1) is 5.92 Å². The van der Waals surface area contributed by atoms with Crippen LogP contribution in [0.1, 0.15) is 60.8 Å². The lowest BCUT2D eigenvalue weighted by Crippen LogP contribution is -2.27. The van der Waals surface area contributed by atoms with E-state index in [1.54, 1.807) is 0 Å². The van der Waals surface area contributed by atoms with Gasteiger partial charge in [-0.05, 0) is 40.6 Å². The molecule has 3 heteroatoms. The zero-order chi connectivity index (χ0) is 13.2. The third kappa shape index (κ3) is 11.8. The van der Waals surface area contributed by atoms with Crippen molar-refractivity contribution in [3.05, 3.63) is 0 Å². The fourth-order valence-electron chi connectivity index (χ4n) is 2.45. The van der Waals surface area contributed by atoms with Crippen molar-refractivity contribution in [2.75, 3.05) is 0 Å². The first-order chi connectivity index (χ1) is 6.79. The Bertz CT molecular complexity index is 165. The second-order valence-electron chi connectivity index (χ2n) is 7.44. The molecule has 0 saturated carbocycles. The lowest BCUT2D eigenvalue weighted by molar-refractivity contribution is 0.329. The maximum absolute atomic E-state index is 2.99. The molecular weight excluding hydrogens is 249 g/mol. The van der Waals surface area contributed by atoms with Crippen LogP contribution in [0.5, 0.6) is 0 Å². The first-order valence-electron chi connectivity index (χ1n) is 6.15. The summed E-state index contributed by atoms with van der Waals surface area (Å²) in [5.41, 5.74) is 0. The molecule has 0 nitrogen and oxygen atoms in total. The van der Waals surface area contributed by atoms with Crippen molar-refractivity contribution in [2.45, 2.75) is 76.3 Å². The van der Waals surface area contributed by atoms with E-state index in [4.69, 9.17) is 0 Å². The highest BCUT2D eigenvalue weighted by molar-refractivity contribution is 7.19. The van der Waals surface area contributed by atoms with E-state index >= 15 is 0 Å². The minimum absolute atomic E-state index is 0.358. The molecule has 0 aromatic carbocycles. The Hall–Kier alpha value is 1.29. The van der Waals surface area contributed by atoms with Crippen LogP contribution in [0.25, 0.3) is 0 Å². The molecule has 0 heterocycles. The average Bonchev–Trinajstić information content (AvgIpc) is 1.70. The molecule has 3 unspecified atom stereocenters. The van der Waals surface area contributed by atoms with Crippen LogP contribution in [-0.4, -0.2) is 15.5 Å². The van der Waals surface area contributed by atoms with Crippen molar-refractivity contribution in [2.24, 2.45) is 5.92 Å². The fourth-order valence-corrected chi connectivity index (χ4v) is 3.45. The van der Waals surface area contributed by atoms with Gasteiger partial charge in [-0.25, -0.2) is 0 Å². The van der Waals surface area contributed by atoms with E-state index in [1.807, 2.05) is 0 Å². The third-order valence-electron chi connectivity index (χ3n) is 2.44. The van der Waals surface area contributed by atoms with Crippen LogP contribution in [0.3, 0.4) is 0 Å². The van der Waals surface area contributed by atoms with E-state index in [-0.39, 0.29) is 0 Å². The zero-order valence-electron chi connectivity index (χ0n) is 11.9. The minimum Gasteiger partial charge on any atom is -0.132 e. The molecule has 0 spiro atoms. The number of hydrogen-bond donors (Lipinski definition) is 0. The molecular formula is C13H31P3. The summed E-state index contributed by atoms with van der Waals surface area (Å²) in [4.78, 5) is 0. The Morgan fingerprint density at radius 2 is 0.812 bits per heavy atom. The van der Waals surface area contributed by atoms with Gasteiger partial charge in [-0.3, -0.25) is 0 Å². The fraction of sp³-hybridized carbons (Fsp3) is 1.00. The van der Waals surface area contributed by atoms with Crippen LogP contribution in [0.4, 0.5) is 0 Å². The van der Waals surface area contributed by atoms with Gasteiger partial charge in [-0.2, -0.15) is 0 Å². The van der Waals surface area contributed by atoms with Crippen molar-refractivity contribution < 1.29 is 0 Å². The van der Waals surface area contributed by atoms with Crippen molar-refractivity contribution in [3.8, 4) is 0 Å². The minimum atomic E-state index is 0.358. The summed E-state index contributed by atoms with van der Waals surface area (Å²) in [5.74, 6) is 0.799. The molecule has 3 atom stereocenters. The van der Waals surface area contributed by atoms with Crippen LogP contribution < -0.4 is 0 Å². The summed E-state index contributed by atoms with van der Waals surface area (Å²) in [6, 6.07) is 0. The highest BCUT2D eigenvalue weighted by atomic mass is 31.0. The average molecular weight is 280 g/mol. The van der Waals surface area contributed by atoms with Crippen LogP contribution >= 0.6 is 27.7 Å². The molecule has 0 rings (SSSR count). The first kappa shape index (κ1) is 17.3. The summed E-state index contributed by atoms with van der Waals surface area (Å²) in [5, 5.41) is 1.07. The Morgan fingerprint density at radius 3 is 0.938 bits per heavy atom. The van der Waals surface area contributed by atoms with Gasteiger partial charge in [-0.1, -0.05) is 41.5 Å². The van der Waals surface area contributed by atoms with Gasteiger partial charge in [0.05, 0.1) is 0 Å². The van der Waals surface area contributed by atoms with Gasteiger partial charge in [0, 0.05) is 0 Å². The molecule has 0 aliphatic carbocycles. The maximum Gasteiger partial charge on any atom is -0.0204 e. The van der Waals surface area contributed by atoms with Gasteiger partial charge >= 0.3 is 0 Å². The largest absolute Gasteiger partial charge is 0.132 e. The van der Waals surface area contributed by atoms with Crippen molar-refractivity contribution >= 4 is 27.7 Å². The Kier molecular flexibility index (Phi) is 6.43. The third-order valence-corrected chi connectivity index (χ3v) is 3.15. The van der Waals surface area contributed by atoms with Crippen LogP contribution in [-0.2, 0) is 0 Å². The summed E-state index contributed by atoms with van der Waals surface area (Å²) in [6.07, 6.45) is 3.86. The molecule has 0 amide bonds. The van der Waals surface area contributed by atoms with Crippen LogP contribution in [0.15, 0.2) is 0 Å². The van der Waals surface area contributed by atoms with E-state index in [0.29, 0.717) is 15.5 Å². The highest BCUT2D eigenvalue weighted by Gasteiger charge is 2.27.